The van der Waals surface area contributed by atoms with Gasteiger partial charge in [0, 0.05) is 11.1 Å². The molecule has 0 saturated heterocycles. The summed E-state index contributed by atoms with van der Waals surface area (Å²) in [5.41, 5.74) is 2.55. The lowest BCUT2D eigenvalue weighted by molar-refractivity contribution is 0.373. The van der Waals surface area contributed by atoms with Crippen molar-refractivity contribution in [1.82, 2.24) is 5.16 Å². The number of nitrogens with one attached hydrogen (secondary N) is 1. The molecular weight excluding hydrogens is 476 g/mol. The zero-order chi connectivity index (χ0) is 21.5. The minimum absolute atomic E-state index is 0.106. The third-order valence-electron chi connectivity index (χ3n) is 4.95. The Morgan fingerprint density at radius 3 is 2.30 bits per heavy atom. The van der Waals surface area contributed by atoms with E-state index in [0.29, 0.717) is 29.9 Å². The molecule has 0 fully saturated rings. The van der Waals surface area contributed by atoms with Crippen LogP contribution in [0.5, 0.6) is 17.2 Å². The highest BCUT2D eigenvalue weighted by Crippen LogP contribution is 2.45. The maximum absolute atomic E-state index is 13.2. The van der Waals surface area contributed by atoms with Crippen LogP contribution in [-0.4, -0.2) is 34.9 Å². The highest BCUT2D eigenvalue weighted by molar-refractivity contribution is 9.10. The van der Waals surface area contributed by atoms with Crippen molar-refractivity contribution in [2.75, 3.05) is 26.1 Å². The van der Waals surface area contributed by atoms with E-state index in [1.165, 1.54) is 14.2 Å². The fraction of sp³-hybridized carbons (Fsp3) is 0.250. The number of ether oxygens (including phenoxy) is 3. The standard InChI is InChI=1S/C20H19BrN2O6S/c1-26-13-10-8-11-7-9-12-18(16(11)17(13)21)29-22-20(12)23-30(24,25)19-14(27-2)5-4-6-15(19)28-3/h4-6,8,10H,7,9H2,1-3H3,(H,22,23). The number of benzene rings is 2. The van der Waals surface area contributed by atoms with Crippen LogP contribution in [0.25, 0.3) is 11.3 Å². The van der Waals surface area contributed by atoms with Gasteiger partial charge in [0.25, 0.3) is 10.0 Å². The van der Waals surface area contributed by atoms with Crippen molar-refractivity contribution in [2.45, 2.75) is 17.7 Å². The molecule has 0 spiro atoms. The quantitative estimate of drug-likeness (QED) is 0.551. The van der Waals surface area contributed by atoms with E-state index >= 15 is 0 Å². The number of fused-ring (bicyclic) bond motifs is 3. The van der Waals surface area contributed by atoms with Gasteiger partial charge in [-0.25, -0.2) is 8.42 Å². The normalized spacial score (nSPS) is 12.7. The van der Waals surface area contributed by atoms with Crippen molar-refractivity contribution < 1.29 is 27.2 Å². The molecule has 8 nitrogen and oxygen atoms in total. The molecule has 1 heterocycles. The number of hydrogen-bond donors (Lipinski definition) is 1. The fourth-order valence-corrected chi connectivity index (χ4v) is 5.62. The van der Waals surface area contributed by atoms with E-state index in [0.717, 1.165) is 15.6 Å². The number of methoxy groups -OCH3 is 3. The van der Waals surface area contributed by atoms with Gasteiger partial charge in [-0.15, -0.1) is 0 Å². The van der Waals surface area contributed by atoms with Crippen LogP contribution in [0.3, 0.4) is 0 Å². The molecule has 0 saturated carbocycles. The van der Waals surface area contributed by atoms with Crippen LogP contribution in [0.2, 0.25) is 0 Å². The zero-order valence-electron chi connectivity index (χ0n) is 16.5. The van der Waals surface area contributed by atoms with Gasteiger partial charge in [-0.05, 0) is 52.5 Å². The summed E-state index contributed by atoms with van der Waals surface area (Å²) in [6, 6.07) is 8.59. The molecule has 1 aromatic heterocycles. The Balaban J connectivity index is 1.78. The molecule has 1 N–H and O–H groups in total. The van der Waals surface area contributed by atoms with E-state index in [2.05, 4.69) is 25.8 Å². The van der Waals surface area contributed by atoms with Gasteiger partial charge in [0.05, 0.1) is 25.8 Å². The first-order chi connectivity index (χ1) is 14.4. The van der Waals surface area contributed by atoms with Crippen LogP contribution in [0.1, 0.15) is 11.1 Å². The van der Waals surface area contributed by atoms with Crippen LogP contribution in [0.4, 0.5) is 5.82 Å². The van der Waals surface area contributed by atoms with E-state index in [4.69, 9.17) is 18.7 Å². The van der Waals surface area contributed by atoms with E-state index in [-0.39, 0.29) is 22.2 Å². The lowest BCUT2D eigenvalue weighted by Crippen LogP contribution is -2.17. The molecule has 1 aliphatic carbocycles. The summed E-state index contributed by atoms with van der Waals surface area (Å²) in [4.78, 5) is -0.106. The number of nitrogens with zero attached hydrogens (tertiary/aromatic N) is 1. The van der Waals surface area contributed by atoms with Crippen molar-refractivity contribution in [3.05, 3.63) is 45.9 Å². The summed E-state index contributed by atoms with van der Waals surface area (Å²) in [7, 11) is 0.312. The van der Waals surface area contributed by atoms with Gasteiger partial charge in [-0.2, -0.15) is 0 Å². The highest BCUT2D eigenvalue weighted by atomic mass is 79.9. The van der Waals surface area contributed by atoms with Gasteiger partial charge in [0.15, 0.2) is 16.5 Å². The molecule has 30 heavy (non-hydrogen) atoms. The third kappa shape index (κ3) is 3.29. The molecule has 1 aliphatic rings. The maximum atomic E-state index is 13.2. The summed E-state index contributed by atoms with van der Waals surface area (Å²) < 4.78 is 51.0. The van der Waals surface area contributed by atoms with Crippen LogP contribution in [0, 0.1) is 0 Å². The number of hydrogen-bond acceptors (Lipinski definition) is 7. The Hall–Kier alpha value is -2.72. The molecule has 0 bridgehead atoms. The Morgan fingerprint density at radius 1 is 1.00 bits per heavy atom. The second-order valence-corrected chi connectivity index (χ2v) is 8.96. The second kappa shape index (κ2) is 7.84. The first-order valence-electron chi connectivity index (χ1n) is 8.99. The van der Waals surface area contributed by atoms with Crippen LogP contribution >= 0.6 is 15.9 Å². The van der Waals surface area contributed by atoms with Gasteiger partial charge in [-0.1, -0.05) is 17.3 Å². The monoisotopic (exact) mass is 494 g/mol. The van der Waals surface area contributed by atoms with E-state index in [1.807, 2.05) is 12.1 Å². The average molecular weight is 495 g/mol. The lowest BCUT2D eigenvalue weighted by Gasteiger charge is -2.18. The molecule has 0 aliphatic heterocycles. The first kappa shape index (κ1) is 20.5. The number of sulfonamides is 1. The molecule has 4 rings (SSSR count). The second-order valence-electron chi connectivity index (χ2n) is 6.55. The number of anilines is 1. The highest BCUT2D eigenvalue weighted by Gasteiger charge is 2.31. The largest absolute Gasteiger partial charge is 0.496 e. The fourth-order valence-electron chi connectivity index (χ4n) is 3.55. The predicted molar refractivity (Wildman–Crippen MR) is 114 cm³/mol. The van der Waals surface area contributed by atoms with Gasteiger partial charge < -0.3 is 18.7 Å². The first-order valence-corrected chi connectivity index (χ1v) is 11.3. The Kier molecular flexibility index (Phi) is 5.37. The molecule has 0 amide bonds. The SMILES string of the molecule is COc1ccc2c(c1Br)-c1onc(NS(=O)(=O)c3c(OC)cccc3OC)c1CC2. The summed E-state index contributed by atoms with van der Waals surface area (Å²) in [6.45, 7) is 0. The minimum atomic E-state index is -4.06. The van der Waals surface area contributed by atoms with Crippen molar-refractivity contribution in [3.63, 3.8) is 0 Å². The minimum Gasteiger partial charge on any atom is -0.496 e. The molecule has 0 atom stereocenters. The number of rotatable bonds is 6. The van der Waals surface area contributed by atoms with Crippen molar-refractivity contribution >= 4 is 31.8 Å². The number of halogens is 1. The number of aryl methyl sites for hydroxylation is 1. The molecule has 3 aromatic rings. The van der Waals surface area contributed by atoms with Gasteiger partial charge >= 0.3 is 0 Å². The average Bonchev–Trinajstić information content (AvgIpc) is 3.15. The van der Waals surface area contributed by atoms with E-state index < -0.39 is 10.0 Å². The molecule has 2 aromatic carbocycles. The Morgan fingerprint density at radius 2 is 1.67 bits per heavy atom. The molecular formula is C20H19BrN2O6S. The van der Waals surface area contributed by atoms with Gasteiger partial charge in [-0.3, -0.25) is 4.72 Å². The van der Waals surface area contributed by atoms with Crippen LogP contribution in [-0.2, 0) is 22.9 Å². The van der Waals surface area contributed by atoms with Crippen molar-refractivity contribution in [3.8, 4) is 28.6 Å². The maximum Gasteiger partial charge on any atom is 0.270 e. The molecule has 0 radical (unpaired) electrons. The van der Waals surface area contributed by atoms with E-state index in [9.17, 15) is 8.42 Å². The Labute approximate surface area is 182 Å². The summed E-state index contributed by atoms with van der Waals surface area (Å²) in [5.74, 6) is 1.62. The van der Waals surface area contributed by atoms with Gasteiger partial charge in [0.2, 0.25) is 0 Å². The van der Waals surface area contributed by atoms with Crippen LogP contribution in [0.15, 0.2) is 44.2 Å². The third-order valence-corrected chi connectivity index (χ3v) is 7.14. The summed E-state index contributed by atoms with van der Waals surface area (Å²) in [6.07, 6.45) is 1.28. The number of aromatic nitrogens is 1. The van der Waals surface area contributed by atoms with Crippen molar-refractivity contribution in [1.29, 1.82) is 0 Å². The predicted octanol–water partition coefficient (Wildman–Crippen LogP) is 4.03. The van der Waals surface area contributed by atoms with E-state index in [1.54, 1.807) is 25.3 Å². The Bertz CT molecular complexity index is 1200. The molecule has 158 valence electrons. The summed E-state index contributed by atoms with van der Waals surface area (Å²) >= 11 is 3.56. The van der Waals surface area contributed by atoms with Crippen LogP contribution < -0.4 is 18.9 Å². The van der Waals surface area contributed by atoms with Crippen molar-refractivity contribution in [2.24, 2.45) is 0 Å². The molecule has 0 unspecified atom stereocenters. The lowest BCUT2D eigenvalue weighted by atomic mass is 9.90. The zero-order valence-corrected chi connectivity index (χ0v) is 18.9. The van der Waals surface area contributed by atoms with Gasteiger partial charge in [0.1, 0.15) is 17.2 Å². The molecule has 10 heteroatoms. The topological polar surface area (TPSA) is 99.9 Å². The summed E-state index contributed by atoms with van der Waals surface area (Å²) in [5, 5.41) is 4.01. The smallest absolute Gasteiger partial charge is 0.270 e.